The minimum atomic E-state index is -0.232. The molecule has 1 saturated heterocycles. The van der Waals surface area contributed by atoms with E-state index >= 15 is 0 Å². The van der Waals surface area contributed by atoms with E-state index in [2.05, 4.69) is 26.0 Å². The van der Waals surface area contributed by atoms with Crippen LogP contribution < -0.4 is 0 Å². The smallest absolute Gasteiger partial charge is 0.160 e. The lowest BCUT2D eigenvalue weighted by molar-refractivity contribution is -0.265. The fourth-order valence-corrected chi connectivity index (χ4v) is 2.76. The van der Waals surface area contributed by atoms with E-state index in [0.717, 1.165) is 5.56 Å². The fraction of sp³-hybridized carbons (Fsp3) is 0.647. The van der Waals surface area contributed by atoms with Crippen molar-refractivity contribution >= 4 is 0 Å². The summed E-state index contributed by atoms with van der Waals surface area (Å²) in [4.78, 5) is 0. The topological polar surface area (TPSA) is 36.9 Å². The monoisotopic (exact) mass is 294 g/mol. The van der Waals surface area contributed by atoms with Gasteiger partial charge in [-0.3, -0.25) is 0 Å². The lowest BCUT2D eigenvalue weighted by atomic mass is 9.93. The Bertz CT molecular complexity index is 407. The fourth-order valence-electron chi connectivity index (χ4n) is 2.76. The number of benzene rings is 1. The Labute approximate surface area is 127 Å². The molecule has 21 heavy (non-hydrogen) atoms. The molecule has 2 rings (SSSR count). The largest absolute Gasteiger partial charge is 0.376 e. The van der Waals surface area contributed by atoms with Gasteiger partial charge in [0.1, 0.15) is 6.10 Å². The van der Waals surface area contributed by atoms with Crippen molar-refractivity contribution in [2.45, 2.75) is 51.5 Å². The summed E-state index contributed by atoms with van der Waals surface area (Å²) in [6, 6.07) is 10.2. The van der Waals surface area contributed by atoms with Crippen LogP contribution in [0.4, 0.5) is 0 Å². The van der Waals surface area contributed by atoms with Crippen LogP contribution >= 0.6 is 0 Å². The van der Waals surface area contributed by atoms with Gasteiger partial charge in [-0.05, 0) is 11.5 Å². The summed E-state index contributed by atoms with van der Waals surface area (Å²) in [5.41, 5.74) is 1.16. The number of rotatable bonds is 6. The zero-order chi connectivity index (χ0) is 15.2. The van der Waals surface area contributed by atoms with Crippen LogP contribution in [0.25, 0.3) is 0 Å². The molecule has 1 aromatic carbocycles. The first-order valence-electron chi connectivity index (χ1n) is 7.52. The van der Waals surface area contributed by atoms with Gasteiger partial charge in [0.25, 0.3) is 0 Å². The van der Waals surface area contributed by atoms with E-state index in [4.69, 9.17) is 18.9 Å². The van der Waals surface area contributed by atoms with Crippen molar-refractivity contribution in [2.24, 2.45) is 5.92 Å². The van der Waals surface area contributed by atoms with E-state index in [-0.39, 0.29) is 24.6 Å². The Morgan fingerprint density at radius 3 is 2.43 bits per heavy atom. The third-order valence-electron chi connectivity index (χ3n) is 3.92. The third-order valence-corrected chi connectivity index (χ3v) is 3.92. The Morgan fingerprint density at radius 1 is 1.14 bits per heavy atom. The van der Waals surface area contributed by atoms with Crippen LogP contribution in [-0.4, -0.2) is 38.8 Å². The first kappa shape index (κ1) is 16.4. The molecule has 4 heteroatoms. The van der Waals surface area contributed by atoms with Crippen molar-refractivity contribution in [1.82, 2.24) is 0 Å². The van der Waals surface area contributed by atoms with Gasteiger partial charge in [0.05, 0.1) is 18.8 Å². The average Bonchev–Trinajstić information content (AvgIpc) is 2.52. The van der Waals surface area contributed by atoms with Gasteiger partial charge >= 0.3 is 0 Å². The summed E-state index contributed by atoms with van der Waals surface area (Å²) in [5.74, 6) is 0.343. The molecule has 0 saturated carbocycles. The number of ether oxygens (including phenoxy) is 4. The average molecular weight is 294 g/mol. The van der Waals surface area contributed by atoms with E-state index in [1.54, 1.807) is 14.2 Å². The SMILES string of the molecule is CO[C@@H]1C[C@@H](OCc2ccccc2)[C@H](OC)[C@@H](C(C)C)O1. The van der Waals surface area contributed by atoms with E-state index < -0.39 is 0 Å². The van der Waals surface area contributed by atoms with E-state index in [1.165, 1.54) is 0 Å². The number of methoxy groups -OCH3 is 2. The predicted octanol–water partition coefficient (Wildman–Crippen LogP) is 3.00. The van der Waals surface area contributed by atoms with Gasteiger partial charge in [0.2, 0.25) is 0 Å². The van der Waals surface area contributed by atoms with E-state index in [0.29, 0.717) is 18.9 Å². The van der Waals surface area contributed by atoms with Crippen LogP contribution in [0.2, 0.25) is 0 Å². The molecule has 1 aromatic rings. The highest BCUT2D eigenvalue weighted by Gasteiger charge is 2.41. The first-order valence-corrected chi connectivity index (χ1v) is 7.52. The molecule has 0 unspecified atom stereocenters. The summed E-state index contributed by atoms with van der Waals surface area (Å²) >= 11 is 0. The van der Waals surface area contributed by atoms with Gasteiger partial charge in [-0.1, -0.05) is 44.2 Å². The van der Waals surface area contributed by atoms with Crippen LogP contribution in [0, 0.1) is 5.92 Å². The lowest BCUT2D eigenvalue weighted by Gasteiger charge is -2.42. The van der Waals surface area contributed by atoms with Gasteiger partial charge < -0.3 is 18.9 Å². The quantitative estimate of drug-likeness (QED) is 0.808. The minimum absolute atomic E-state index is 0.0190. The second kappa shape index (κ2) is 7.90. The lowest BCUT2D eigenvalue weighted by Crippen LogP contribution is -2.52. The molecule has 1 heterocycles. The molecule has 118 valence electrons. The molecule has 1 aliphatic heterocycles. The summed E-state index contributed by atoms with van der Waals surface area (Å²) < 4.78 is 23.1. The molecular weight excluding hydrogens is 268 g/mol. The van der Waals surface area contributed by atoms with Crippen LogP contribution in [0.15, 0.2) is 30.3 Å². The standard InChI is InChI=1S/C17H26O4/c1-12(2)16-17(19-4)14(10-15(18-3)21-16)20-11-13-8-6-5-7-9-13/h5-9,12,14-17H,10-11H2,1-4H3/t14-,15+,16-,17+/m1/s1. The Morgan fingerprint density at radius 2 is 1.86 bits per heavy atom. The van der Waals surface area contributed by atoms with Crippen LogP contribution in [-0.2, 0) is 25.6 Å². The summed E-state index contributed by atoms with van der Waals surface area (Å²) in [6.45, 7) is 4.83. The predicted molar refractivity (Wildman–Crippen MR) is 80.9 cm³/mol. The molecule has 0 bridgehead atoms. The normalized spacial score (nSPS) is 29.8. The highest BCUT2D eigenvalue weighted by Crippen LogP contribution is 2.29. The maximum Gasteiger partial charge on any atom is 0.160 e. The molecule has 0 radical (unpaired) electrons. The van der Waals surface area contributed by atoms with Crippen molar-refractivity contribution < 1.29 is 18.9 Å². The Hall–Kier alpha value is -0.940. The van der Waals surface area contributed by atoms with E-state index in [1.807, 2.05) is 18.2 Å². The highest BCUT2D eigenvalue weighted by molar-refractivity contribution is 5.13. The summed E-state index contributed by atoms with van der Waals surface area (Å²) in [6.07, 6.45) is 0.339. The van der Waals surface area contributed by atoms with Crippen molar-refractivity contribution in [3.63, 3.8) is 0 Å². The summed E-state index contributed by atoms with van der Waals surface area (Å²) in [5, 5.41) is 0. The van der Waals surface area contributed by atoms with Crippen LogP contribution in [0.1, 0.15) is 25.8 Å². The van der Waals surface area contributed by atoms with Crippen molar-refractivity contribution in [2.75, 3.05) is 14.2 Å². The molecule has 0 aromatic heterocycles. The molecular formula is C17H26O4. The first-order chi connectivity index (χ1) is 10.2. The summed E-state index contributed by atoms with van der Waals surface area (Å²) in [7, 11) is 3.39. The molecule has 4 nitrogen and oxygen atoms in total. The molecule has 1 fully saturated rings. The Kier molecular flexibility index (Phi) is 6.18. The van der Waals surface area contributed by atoms with Crippen LogP contribution in [0.5, 0.6) is 0 Å². The maximum absolute atomic E-state index is 6.10. The molecule has 1 aliphatic rings. The van der Waals surface area contributed by atoms with E-state index in [9.17, 15) is 0 Å². The number of hydrogen-bond acceptors (Lipinski definition) is 4. The molecule has 0 amide bonds. The van der Waals surface area contributed by atoms with Gasteiger partial charge in [0.15, 0.2) is 6.29 Å². The molecule has 4 atom stereocenters. The van der Waals surface area contributed by atoms with Crippen molar-refractivity contribution in [3.05, 3.63) is 35.9 Å². The van der Waals surface area contributed by atoms with Crippen molar-refractivity contribution in [3.8, 4) is 0 Å². The van der Waals surface area contributed by atoms with Gasteiger partial charge in [-0.15, -0.1) is 0 Å². The molecule has 0 spiro atoms. The minimum Gasteiger partial charge on any atom is -0.376 e. The van der Waals surface area contributed by atoms with Gasteiger partial charge in [-0.2, -0.15) is 0 Å². The zero-order valence-electron chi connectivity index (χ0n) is 13.3. The van der Waals surface area contributed by atoms with Gasteiger partial charge in [0, 0.05) is 20.6 Å². The zero-order valence-corrected chi connectivity index (χ0v) is 13.3. The maximum atomic E-state index is 6.10. The highest BCUT2D eigenvalue weighted by atomic mass is 16.7. The third kappa shape index (κ3) is 4.27. The molecule has 0 N–H and O–H groups in total. The van der Waals surface area contributed by atoms with Crippen molar-refractivity contribution in [1.29, 1.82) is 0 Å². The Balaban J connectivity index is 2.03. The van der Waals surface area contributed by atoms with Crippen LogP contribution in [0.3, 0.4) is 0 Å². The van der Waals surface area contributed by atoms with Gasteiger partial charge in [-0.25, -0.2) is 0 Å². The second-order valence-electron chi connectivity index (χ2n) is 5.78. The second-order valence-corrected chi connectivity index (χ2v) is 5.78. The molecule has 0 aliphatic carbocycles. The number of hydrogen-bond donors (Lipinski definition) is 0.